The van der Waals surface area contributed by atoms with Crippen LogP contribution in [0.4, 0.5) is 14.5 Å². The summed E-state index contributed by atoms with van der Waals surface area (Å²) in [6.07, 6.45) is 0. The Kier molecular flexibility index (Phi) is 4.65. The first-order valence-electron chi connectivity index (χ1n) is 6.97. The molecule has 0 aromatic heterocycles. The SMILES string of the molecule is O=C1CN(c2cc(F)c(Br)c(F)c2OCc2ccccc2)S(=O)(=O)N1. The van der Waals surface area contributed by atoms with Crippen LogP contribution in [0.25, 0.3) is 0 Å². The van der Waals surface area contributed by atoms with Gasteiger partial charge in [-0.3, -0.25) is 4.79 Å². The topological polar surface area (TPSA) is 75.7 Å². The number of ether oxygens (including phenoxy) is 1. The lowest BCUT2D eigenvalue weighted by Gasteiger charge is -2.20. The summed E-state index contributed by atoms with van der Waals surface area (Å²) in [7, 11) is -4.24. The first kappa shape index (κ1) is 17.6. The van der Waals surface area contributed by atoms with Crippen LogP contribution in [-0.2, 0) is 21.6 Å². The van der Waals surface area contributed by atoms with E-state index in [2.05, 4.69) is 15.9 Å². The van der Waals surface area contributed by atoms with Crippen molar-refractivity contribution in [1.82, 2.24) is 4.72 Å². The molecule has 10 heteroatoms. The van der Waals surface area contributed by atoms with E-state index in [1.165, 1.54) is 0 Å². The maximum absolute atomic E-state index is 14.5. The van der Waals surface area contributed by atoms with E-state index in [1.807, 2.05) is 0 Å². The lowest BCUT2D eigenvalue weighted by atomic mass is 10.2. The van der Waals surface area contributed by atoms with Crippen molar-refractivity contribution in [1.29, 1.82) is 0 Å². The number of rotatable bonds is 4. The Bertz CT molecular complexity index is 938. The highest BCUT2D eigenvalue weighted by atomic mass is 79.9. The van der Waals surface area contributed by atoms with Crippen LogP contribution in [0, 0.1) is 11.6 Å². The van der Waals surface area contributed by atoms with Gasteiger partial charge in [0, 0.05) is 6.07 Å². The van der Waals surface area contributed by atoms with E-state index < -0.39 is 50.2 Å². The van der Waals surface area contributed by atoms with Crippen molar-refractivity contribution >= 4 is 37.7 Å². The summed E-state index contributed by atoms with van der Waals surface area (Å²) < 4.78 is 59.6. The van der Waals surface area contributed by atoms with E-state index in [4.69, 9.17) is 4.74 Å². The second kappa shape index (κ2) is 6.60. The second-order valence-electron chi connectivity index (χ2n) is 5.15. The van der Waals surface area contributed by atoms with Gasteiger partial charge in [0.15, 0.2) is 11.6 Å². The molecule has 2 aromatic carbocycles. The first-order chi connectivity index (χ1) is 11.8. The minimum absolute atomic E-state index is 0.0713. The molecule has 25 heavy (non-hydrogen) atoms. The Morgan fingerprint density at radius 1 is 1.24 bits per heavy atom. The van der Waals surface area contributed by atoms with Crippen molar-refractivity contribution in [2.45, 2.75) is 6.61 Å². The van der Waals surface area contributed by atoms with Crippen LogP contribution in [-0.4, -0.2) is 20.9 Å². The molecule has 6 nitrogen and oxygen atoms in total. The van der Waals surface area contributed by atoms with Crippen molar-refractivity contribution < 1.29 is 26.7 Å². The number of nitrogens with one attached hydrogen (secondary N) is 1. The number of hydrogen-bond acceptors (Lipinski definition) is 4. The number of benzene rings is 2. The fourth-order valence-electron chi connectivity index (χ4n) is 2.28. The molecule has 0 radical (unpaired) electrons. The normalized spacial score (nSPS) is 16.0. The zero-order valence-electron chi connectivity index (χ0n) is 12.5. The predicted molar refractivity (Wildman–Crippen MR) is 89.2 cm³/mol. The van der Waals surface area contributed by atoms with Crippen LogP contribution in [0.2, 0.25) is 0 Å². The van der Waals surface area contributed by atoms with E-state index in [9.17, 15) is 22.0 Å². The fraction of sp³-hybridized carbons (Fsp3) is 0.133. The van der Waals surface area contributed by atoms with Crippen molar-refractivity contribution in [2.75, 3.05) is 10.8 Å². The number of anilines is 1. The standard InChI is InChI=1S/C15H11BrF2N2O4S/c16-13-10(17)6-11(20-7-12(21)19-25(20,22)23)15(14(13)18)24-8-9-4-2-1-3-5-9/h1-6H,7-8H2,(H,19,21). The van der Waals surface area contributed by atoms with Gasteiger partial charge in [0.05, 0.1) is 4.47 Å². The lowest BCUT2D eigenvalue weighted by Crippen LogP contribution is -2.30. The highest BCUT2D eigenvalue weighted by Crippen LogP contribution is 2.39. The Morgan fingerprint density at radius 3 is 2.52 bits per heavy atom. The van der Waals surface area contributed by atoms with Crippen LogP contribution in [0.5, 0.6) is 5.75 Å². The summed E-state index contributed by atoms with van der Waals surface area (Å²) in [4.78, 5) is 11.4. The fourth-order valence-corrected chi connectivity index (χ4v) is 3.72. The molecule has 0 saturated carbocycles. The number of carbonyl (C=O) groups is 1. The van der Waals surface area contributed by atoms with E-state index in [0.29, 0.717) is 9.87 Å². The maximum atomic E-state index is 14.5. The van der Waals surface area contributed by atoms with Gasteiger partial charge in [-0.1, -0.05) is 30.3 Å². The van der Waals surface area contributed by atoms with Crippen LogP contribution in [0.15, 0.2) is 40.9 Å². The monoisotopic (exact) mass is 432 g/mol. The molecular weight excluding hydrogens is 422 g/mol. The van der Waals surface area contributed by atoms with Crippen LogP contribution >= 0.6 is 15.9 Å². The van der Waals surface area contributed by atoms with Crippen molar-refractivity contribution in [3.05, 3.63) is 58.1 Å². The molecule has 1 saturated heterocycles. The van der Waals surface area contributed by atoms with Gasteiger partial charge >= 0.3 is 10.2 Å². The third-order valence-electron chi connectivity index (χ3n) is 3.41. The van der Waals surface area contributed by atoms with Gasteiger partial charge in [0.1, 0.15) is 24.7 Å². The predicted octanol–water partition coefficient (Wildman–Crippen LogP) is 2.49. The first-order valence-corrected chi connectivity index (χ1v) is 9.20. The van der Waals surface area contributed by atoms with Gasteiger partial charge in [-0.25, -0.2) is 17.8 Å². The number of nitrogens with zero attached hydrogens (tertiary/aromatic N) is 1. The van der Waals surface area contributed by atoms with Gasteiger partial charge in [0.2, 0.25) is 0 Å². The van der Waals surface area contributed by atoms with Crippen molar-refractivity contribution in [3.63, 3.8) is 0 Å². The van der Waals surface area contributed by atoms with Gasteiger partial charge in [-0.15, -0.1) is 0 Å². The Hall–Kier alpha value is -2.20. The minimum Gasteiger partial charge on any atom is -0.484 e. The van der Waals surface area contributed by atoms with Crippen LogP contribution in [0.3, 0.4) is 0 Å². The zero-order valence-corrected chi connectivity index (χ0v) is 14.9. The van der Waals surface area contributed by atoms with Crippen molar-refractivity contribution in [2.24, 2.45) is 0 Å². The quantitative estimate of drug-likeness (QED) is 0.753. The number of carbonyl (C=O) groups excluding carboxylic acids is 1. The average Bonchev–Trinajstić information content (AvgIpc) is 2.84. The molecule has 1 aliphatic rings. The molecule has 3 rings (SSSR count). The van der Waals surface area contributed by atoms with E-state index in [0.717, 1.165) is 6.07 Å². The molecule has 0 bridgehead atoms. The van der Waals surface area contributed by atoms with Gasteiger partial charge in [-0.05, 0) is 21.5 Å². The molecule has 132 valence electrons. The Labute approximate surface area is 150 Å². The summed E-state index contributed by atoms with van der Waals surface area (Å²) in [6, 6.07) is 9.55. The number of amides is 1. The zero-order chi connectivity index (χ0) is 18.2. The van der Waals surface area contributed by atoms with E-state index in [1.54, 1.807) is 35.1 Å². The molecule has 2 aromatic rings. The summed E-state index contributed by atoms with van der Waals surface area (Å²) in [5, 5.41) is 0. The third-order valence-corrected chi connectivity index (χ3v) is 5.53. The highest BCUT2D eigenvalue weighted by molar-refractivity contribution is 9.10. The molecule has 1 aliphatic heterocycles. The summed E-state index contributed by atoms with van der Waals surface area (Å²) in [6.45, 7) is -0.664. The molecule has 0 unspecified atom stereocenters. The van der Waals surface area contributed by atoms with Crippen molar-refractivity contribution in [3.8, 4) is 5.75 Å². The Balaban J connectivity index is 2.04. The molecule has 0 atom stereocenters. The molecule has 1 amide bonds. The second-order valence-corrected chi connectivity index (χ2v) is 7.53. The minimum atomic E-state index is -4.24. The van der Waals surface area contributed by atoms with Crippen LogP contribution < -0.4 is 13.8 Å². The average molecular weight is 433 g/mol. The third kappa shape index (κ3) is 3.45. The van der Waals surface area contributed by atoms with E-state index in [-0.39, 0.29) is 6.61 Å². The Morgan fingerprint density at radius 2 is 1.92 bits per heavy atom. The largest absolute Gasteiger partial charge is 0.484 e. The number of halogens is 3. The molecule has 1 N–H and O–H groups in total. The summed E-state index contributed by atoms with van der Waals surface area (Å²) in [5.74, 6) is -3.40. The lowest BCUT2D eigenvalue weighted by molar-refractivity contribution is -0.117. The maximum Gasteiger partial charge on any atom is 0.326 e. The van der Waals surface area contributed by atoms with Crippen LogP contribution in [0.1, 0.15) is 5.56 Å². The van der Waals surface area contributed by atoms with Gasteiger partial charge < -0.3 is 4.74 Å². The molecule has 0 aliphatic carbocycles. The van der Waals surface area contributed by atoms with E-state index >= 15 is 0 Å². The summed E-state index contributed by atoms with van der Waals surface area (Å²) >= 11 is 2.76. The van der Waals surface area contributed by atoms with Gasteiger partial charge in [-0.2, -0.15) is 8.42 Å². The smallest absolute Gasteiger partial charge is 0.326 e. The summed E-state index contributed by atoms with van der Waals surface area (Å²) in [5.41, 5.74) is 0.305. The number of hydrogen-bond donors (Lipinski definition) is 1. The van der Waals surface area contributed by atoms with Gasteiger partial charge in [0.25, 0.3) is 5.91 Å². The molecule has 1 fully saturated rings. The molecular formula is C15H11BrF2N2O4S. The highest BCUT2D eigenvalue weighted by Gasteiger charge is 2.37. The molecule has 0 spiro atoms. The molecule has 1 heterocycles.